The maximum Gasteiger partial charge on any atom is 0.389 e. The molecular formula is C13H16F5N. The summed E-state index contributed by atoms with van der Waals surface area (Å²) in [6.45, 7) is 1.86. The van der Waals surface area contributed by atoms with Gasteiger partial charge in [0.1, 0.15) is 11.6 Å². The number of unbranched alkanes of at least 4 members (excludes halogenated alkanes) is 1. The van der Waals surface area contributed by atoms with E-state index in [1.54, 1.807) is 6.92 Å². The molecule has 1 atom stereocenters. The van der Waals surface area contributed by atoms with Crippen LogP contribution in [0.25, 0.3) is 0 Å². The third kappa shape index (κ3) is 5.55. The third-order valence-corrected chi connectivity index (χ3v) is 2.77. The topological polar surface area (TPSA) is 12.0 Å². The molecule has 0 spiro atoms. The monoisotopic (exact) mass is 281 g/mol. The van der Waals surface area contributed by atoms with Crippen molar-refractivity contribution in [1.82, 2.24) is 5.32 Å². The second-order valence-electron chi connectivity index (χ2n) is 4.38. The Morgan fingerprint density at radius 3 is 2.21 bits per heavy atom. The lowest BCUT2D eigenvalue weighted by atomic mass is 10.1. The van der Waals surface area contributed by atoms with Gasteiger partial charge in [0, 0.05) is 18.0 Å². The Balaban J connectivity index is 2.38. The summed E-state index contributed by atoms with van der Waals surface area (Å²) in [5.41, 5.74) is -0.0849. The van der Waals surface area contributed by atoms with Gasteiger partial charge < -0.3 is 5.32 Å². The largest absolute Gasteiger partial charge is 0.389 e. The number of halogens is 5. The zero-order chi connectivity index (χ0) is 14.5. The first-order valence-electron chi connectivity index (χ1n) is 6.05. The molecule has 1 rings (SSSR count). The predicted octanol–water partition coefficient (Wildman–Crippen LogP) is 4.35. The van der Waals surface area contributed by atoms with E-state index < -0.39 is 30.3 Å². The minimum atomic E-state index is -4.15. The summed E-state index contributed by atoms with van der Waals surface area (Å²) in [6, 6.07) is 3.00. The van der Waals surface area contributed by atoms with Crippen LogP contribution in [0.5, 0.6) is 0 Å². The molecule has 1 nitrogen and oxygen atoms in total. The third-order valence-electron chi connectivity index (χ3n) is 2.77. The molecule has 1 aromatic carbocycles. The van der Waals surface area contributed by atoms with Crippen LogP contribution in [-0.4, -0.2) is 12.7 Å². The molecule has 0 heterocycles. The van der Waals surface area contributed by atoms with Crippen LogP contribution >= 0.6 is 0 Å². The molecule has 0 saturated carbocycles. The lowest BCUT2D eigenvalue weighted by Crippen LogP contribution is -2.22. The van der Waals surface area contributed by atoms with Crippen LogP contribution in [0.15, 0.2) is 18.2 Å². The van der Waals surface area contributed by atoms with E-state index in [0.29, 0.717) is 6.42 Å². The average molecular weight is 281 g/mol. The molecule has 0 aliphatic carbocycles. The maximum atomic E-state index is 13.4. The fourth-order valence-electron chi connectivity index (χ4n) is 1.80. The van der Waals surface area contributed by atoms with Gasteiger partial charge in [0.05, 0.1) is 0 Å². The van der Waals surface area contributed by atoms with Crippen LogP contribution in [0.4, 0.5) is 22.0 Å². The molecule has 0 radical (unpaired) electrons. The van der Waals surface area contributed by atoms with Gasteiger partial charge in [-0.15, -0.1) is 0 Å². The van der Waals surface area contributed by atoms with Gasteiger partial charge in [-0.1, -0.05) is 6.07 Å². The molecular weight excluding hydrogens is 265 g/mol. The smallest absolute Gasteiger partial charge is 0.310 e. The summed E-state index contributed by atoms with van der Waals surface area (Å²) >= 11 is 0. The van der Waals surface area contributed by atoms with E-state index in [1.165, 1.54) is 6.07 Å². The molecule has 0 aliphatic heterocycles. The van der Waals surface area contributed by atoms with Crippen molar-refractivity contribution in [1.29, 1.82) is 0 Å². The molecule has 0 aromatic heterocycles. The highest BCUT2D eigenvalue weighted by atomic mass is 19.4. The van der Waals surface area contributed by atoms with Crippen molar-refractivity contribution in [2.75, 3.05) is 6.54 Å². The second kappa shape index (κ2) is 6.84. The Kier molecular flexibility index (Phi) is 5.72. The van der Waals surface area contributed by atoms with Gasteiger partial charge in [-0.3, -0.25) is 0 Å². The van der Waals surface area contributed by atoms with Crippen molar-refractivity contribution in [2.24, 2.45) is 0 Å². The molecule has 0 bridgehead atoms. The van der Waals surface area contributed by atoms with Gasteiger partial charge in [0.15, 0.2) is 0 Å². The van der Waals surface area contributed by atoms with Gasteiger partial charge in [0.2, 0.25) is 0 Å². The summed E-state index contributed by atoms with van der Waals surface area (Å²) in [4.78, 5) is 0. The van der Waals surface area contributed by atoms with Crippen LogP contribution in [0.1, 0.15) is 37.8 Å². The molecule has 6 heteroatoms. The molecule has 1 N–H and O–H groups in total. The minimum absolute atomic E-state index is 0.00295. The van der Waals surface area contributed by atoms with Crippen LogP contribution in [0, 0.1) is 11.6 Å². The Labute approximate surface area is 108 Å². The van der Waals surface area contributed by atoms with Crippen LogP contribution < -0.4 is 5.32 Å². The molecule has 1 aromatic rings. The first-order chi connectivity index (χ1) is 8.81. The van der Waals surface area contributed by atoms with Crippen molar-refractivity contribution in [2.45, 2.75) is 38.4 Å². The number of benzene rings is 1. The number of hydrogen-bond donors (Lipinski definition) is 1. The Morgan fingerprint density at radius 1 is 1.11 bits per heavy atom. The Hall–Kier alpha value is -1.17. The van der Waals surface area contributed by atoms with Crippen molar-refractivity contribution >= 4 is 0 Å². The maximum absolute atomic E-state index is 13.4. The van der Waals surface area contributed by atoms with Crippen LogP contribution in [0.2, 0.25) is 0 Å². The van der Waals surface area contributed by atoms with E-state index >= 15 is 0 Å². The van der Waals surface area contributed by atoms with Crippen molar-refractivity contribution < 1.29 is 22.0 Å². The molecule has 0 aliphatic rings. The van der Waals surface area contributed by atoms with E-state index in [2.05, 4.69) is 5.32 Å². The van der Waals surface area contributed by atoms with Gasteiger partial charge in [0.25, 0.3) is 0 Å². The van der Waals surface area contributed by atoms with E-state index in [1.807, 2.05) is 0 Å². The second-order valence-corrected chi connectivity index (χ2v) is 4.38. The molecule has 0 amide bonds. The number of hydrogen-bond acceptors (Lipinski definition) is 1. The fraction of sp³-hybridized carbons (Fsp3) is 0.538. The summed E-state index contributed by atoms with van der Waals surface area (Å²) in [7, 11) is 0. The predicted molar refractivity (Wildman–Crippen MR) is 62.7 cm³/mol. The van der Waals surface area contributed by atoms with Crippen molar-refractivity contribution in [3.63, 3.8) is 0 Å². The van der Waals surface area contributed by atoms with Crippen molar-refractivity contribution in [3.8, 4) is 0 Å². The standard InChI is InChI=1S/C13H16F5N/c1-9(12-10(14)5-4-6-11(12)15)19-8-3-2-7-13(16,17)18/h4-6,9,19H,2-3,7-8H2,1H3. The summed E-state index contributed by atoms with van der Waals surface area (Å²) in [5.74, 6) is -1.31. The normalized spacial score (nSPS) is 13.6. The Bertz CT molecular complexity index is 382. The number of rotatable bonds is 6. The fourth-order valence-corrected chi connectivity index (χ4v) is 1.80. The summed E-state index contributed by atoms with van der Waals surface area (Å²) < 4.78 is 62.5. The molecule has 0 saturated heterocycles. The lowest BCUT2D eigenvalue weighted by molar-refractivity contribution is -0.135. The van der Waals surface area contributed by atoms with Gasteiger partial charge in [-0.2, -0.15) is 13.2 Å². The minimum Gasteiger partial charge on any atom is -0.310 e. The zero-order valence-electron chi connectivity index (χ0n) is 10.5. The summed E-state index contributed by atoms with van der Waals surface area (Å²) in [6.07, 6.45) is -4.68. The first kappa shape index (κ1) is 15.9. The van der Waals surface area contributed by atoms with E-state index in [9.17, 15) is 22.0 Å². The molecule has 108 valence electrons. The molecule has 19 heavy (non-hydrogen) atoms. The average Bonchev–Trinajstić information content (AvgIpc) is 2.26. The first-order valence-corrected chi connectivity index (χ1v) is 6.05. The van der Waals surface area contributed by atoms with Crippen LogP contribution in [0.3, 0.4) is 0 Å². The van der Waals surface area contributed by atoms with E-state index in [4.69, 9.17) is 0 Å². The highest BCUT2D eigenvalue weighted by Gasteiger charge is 2.25. The zero-order valence-corrected chi connectivity index (χ0v) is 10.5. The van der Waals surface area contributed by atoms with E-state index in [-0.39, 0.29) is 18.5 Å². The highest BCUT2D eigenvalue weighted by Crippen LogP contribution is 2.23. The molecule has 0 fully saturated rings. The van der Waals surface area contributed by atoms with Gasteiger partial charge in [-0.25, -0.2) is 8.78 Å². The molecule has 1 unspecified atom stereocenters. The van der Waals surface area contributed by atoms with Gasteiger partial charge >= 0.3 is 6.18 Å². The lowest BCUT2D eigenvalue weighted by Gasteiger charge is -2.15. The highest BCUT2D eigenvalue weighted by molar-refractivity contribution is 5.22. The summed E-state index contributed by atoms with van der Waals surface area (Å²) in [5, 5.41) is 2.82. The van der Waals surface area contributed by atoms with Crippen molar-refractivity contribution in [3.05, 3.63) is 35.4 Å². The van der Waals surface area contributed by atoms with Gasteiger partial charge in [-0.05, 0) is 38.4 Å². The number of nitrogens with one attached hydrogen (secondary N) is 1. The number of alkyl halides is 3. The SMILES string of the molecule is CC(NCCCCC(F)(F)F)c1c(F)cccc1F. The Morgan fingerprint density at radius 2 is 1.68 bits per heavy atom. The van der Waals surface area contributed by atoms with Crippen LogP contribution in [-0.2, 0) is 0 Å². The van der Waals surface area contributed by atoms with E-state index in [0.717, 1.165) is 12.1 Å². The quantitative estimate of drug-likeness (QED) is 0.604.